The lowest BCUT2D eigenvalue weighted by Gasteiger charge is -2.15. The number of aliphatic hydroxyl groups is 1. The summed E-state index contributed by atoms with van der Waals surface area (Å²) in [5.74, 6) is -0.827. The Morgan fingerprint density at radius 3 is 2.42 bits per heavy atom. The minimum Gasteiger partial charge on any atom is -0.480 e. The van der Waals surface area contributed by atoms with Crippen LogP contribution < -0.4 is 0 Å². The molecule has 0 radical (unpaired) electrons. The predicted octanol–water partition coefficient (Wildman–Crippen LogP) is 1.78. The summed E-state index contributed by atoms with van der Waals surface area (Å²) in [6.07, 6.45) is 3.06. The van der Waals surface area contributed by atoms with Crippen LogP contribution in [0.15, 0.2) is 0 Å². The van der Waals surface area contributed by atoms with Gasteiger partial charge in [0.1, 0.15) is 4.32 Å². The smallest absolute Gasteiger partial charge is 0.320 e. The first-order valence-corrected chi connectivity index (χ1v) is 4.83. The topological polar surface area (TPSA) is 57.5 Å². The summed E-state index contributed by atoms with van der Waals surface area (Å²) in [7, 11) is 0. The second-order valence-electron chi connectivity index (χ2n) is 3.04. The molecule has 72 valence electrons. The fraction of sp³-hybridized carbons (Fsp3) is 0.875. The largest absolute Gasteiger partial charge is 0.480 e. The van der Waals surface area contributed by atoms with Gasteiger partial charge in [-0.1, -0.05) is 28.8 Å². The van der Waals surface area contributed by atoms with E-state index < -0.39 is 10.3 Å². The van der Waals surface area contributed by atoms with E-state index in [2.05, 4.69) is 15.9 Å². The van der Waals surface area contributed by atoms with Crippen molar-refractivity contribution in [2.24, 2.45) is 0 Å². The van der Waals surface area contributed by atoms with Gasteiger partial charge in [0.2, 0.25) is 0 Å². The van der Waals surface area contributed by atoms with Gasteiger partial charge in [-0.05, 0) is 19.8 Å². The zero-order valence-electron chi connectivity index (χ0n) is 7.22. The number of carbonyl (C=O) groups is 1. The molecule has 1 atom stereocenters. The molecule has 0 heterocycles. The maximum atomic E-state index is 10.6. The molecule has 12 heavy (non-hydrogen) atoms. The Balaban J connectivity index is 3.54. The molecule has 0 spiro atoms. The van der Waals surface area contributed by atoms with Crippen molar-refractivity contribution >= 4 is 21.9 Å². The lowest BCUT2D eigenvalue weighted by molar-refractivity contribution is -0.139. The molecule has 0 aromatic heterocycles. The number of aliphatic hydroxyl groups excluding tert-OH is 1. The van der Waals surface area contributed by atoms with Crippen LogP contribution in [0.1, 0.15) is 32.6 Å². The molecule has 0 amide bonds. The zero-order chi connectivity index (χ0) is 9.61. The minimum absolute atomic E-state index is 0.187. The Morgan fingerprint density at radius 2 is 2.00 bits per heavy atom. The predicted molar refractivity (Wildman–Crippen MR) is 50.5 cm³/mol. The third-order valence-electron chi connectivity index (χ3n) is 1.75. The molecule has 0 aliphatic rings. The van der Waals surface area contributed by atoms with Crippen molar-refractivity contribution in [2.75, 3.05) is 6.61 Å². The van der Waals surface area contributed by atoms with Crippen LogP contribution in [-0.2, 0) is 4.79 Å². The van der Waals surface area contributed by atoms with Crippen LogP contribution in [0.25, 0.3) is 0 Å². The van der Waals surface area contributed by atoms with Crippen LogP contribution in [0.4, 0.5) is 0 Å². The van der Waals surface area contributed by atoms with E-state index in [1.165, 1.54) is 0 Å². The van der Waals surface area contributed by atoms with E-state index in [1.54, 1.807) is 6.92 Å². The maximum absolute atomic E-state index is 10.6. The fourth-order valence-corrected chi connectivity index (χ4v) is 1.13. The van der Waals surface area contributed by atoms with E-state index in [0.29, 0.717) is 6.42 Å². The number of hydrogen-bond acceptors (Lipinski definition) is 2. The van der Waals surface area contributed by atoms with Crippen molar-refractivity contribution in [3.8, 4) is 0 Å². The van der Waals surface area contributed by atoms with Gasteiger partial charge in [-0.2, -0.15) is 0 Å². The standard InChI is InChI=1S/C8H15BrO3/c1-8(9,7(11)12)5-3-2-4-6-10/h10H,2-6H2,1H3,(H,11,12). The van der Waals surface area contributed by atoms with Crippen molar-refractivity contribution < 1.29 is 15.0 Å². The Hall–Kier alpha value is -0.0900. The quantitative estimate of drug-likeness (QED) is 0.548. The summed E-state index contributed by atoms with van der Waals surface area (Å²) in [6, 6.07) is 0. The van der Waals surface area contributed by atoms with Crippen molar-refractivity contribution in [1.82, 2.24) is 0 Å². The van der Waals surface area contributed by atoms with Crippen molar-refractivity contribution in [1.29, 1.82) is 0 Å². The molecule has 4 heteroatoms. The van der Waals surface area contributed by atoms with Crippen LogP contribution in [0.2, 0.25) is 0 Å². The first-order chi connectivity index (χ1) is 5.50. The van der Waals surface area contributed by atoms with Gasteiger partial charge in [0.25, 0.3) is 0 Å². The van der Waals surface area contributed by atoms with Crippen LogP contribution >= 0.6 is 15.9 Å². The average Bonchev–Trinajstić information content (AvgIpc) is 1.98. The van der Waals surface area contributed by atoms with Gasteiger partial charge >= 0.3 is 5.97 Å². The van der Waals surface area contributed by atoms with Crippen LogP contribution in [0, 0.1) is 0 Å². The molecular formula is C8H15BrO3. The molecule has 0 saturated heterocycles. The molecule has 0 aromatic carbocycles. The molecule has 0 rings (SSSR count). The van der Waals surface area contributed by atoms with Crippen LogP contribution in [0.3, 0.4) is 0 Å². The van der Waals surface area contributed by atoms with Crippen molar-refractivity contribution in [3.05, 3.63) is 0 Å². The molecule has 0 aliphatic heterocycles. The molecule has 0 fully saturated rings. The van der Waals surface area contributed by atoms with E-state index in [4.69, 9.17) is 10.2 Å². The number of halogens is 1. The normalized spacial score (nSPS) is 15.6. The summed E-state index contributed by atoms with van der Waals surface area (Å²) in [4.78, 5) is 10.6. The number of alkyl halides is 1. The Bertz CT molecular complexity index is 145. The monoisotopic (exact) mass is 238 g/mol. The van der Waals surface area contributed by atoms with Crippen molar-refractivity contribution in [2.45, 2.75) is 36.9 Å². The highest BCUT2D eigenvalue weighted by Crippen LogP contribution is 2.24. The first-order valence-electron chi connectivity index (χ1n) is 4.04. The van der Waals surface area contributed by atoms with E-state index in [9.17, 15) is 4.79 Å². The van der Waals surface area contributed by atoms with Gasteiger partial charge in [0.05, 0.1) is 0 Å². The highest BCUT2D eigenvalue weighted by atomic mass is 79.9. The summed E-state index contributed by atoms with van der Waals surface area (Å²) < 4.78 is -0.803. The summed E-state index contributed by atoms with van der Waals surface area (Å²) in [5.41, 5.74) is 0. The average molecular weight is 239 g/mol. The van der Waals surface area contributed by atoms with E-state index >= 15 is 0 Å². The lowest BCUT2D eigenvalue weighted by atomic mass is 10.0. The summed E-state index contributed by atoms with van der Waals surface area (Å²) in [6.45, 7) is 1.83. The Morgan fingerprint density at radius 1 is 1.42 bits per heavy atom. The third kappa shape index (κ3) is 4.72. The molecule has 0 aromatic rings. The Kier molecular flexibility index (Phi) is 5.50. The number of carboxylic acids is 1. The van der Waals surface area contributed by atoms with E-state index in [-0.39, 0.29) is 6.61 Å². The highest BCUT2D eigenvalue weighted by molar-refractivity contribution is 9.10. The molecule has 0 bridgehead atoms. The number of hydrogen-bond donors (Lipinski definition) is 2. The molecule has 1 unspecified atom stereocenters. The van der Waals surface area contributed by atoms with E-state index in [1.807, 2.05) is 0 Å². The molecule has 0 saturated carbocycles. The number of carboxylic acid groups (broad SMARTS) is 1. The molecule has 3 nitrogen and oxygen atoms in total. The highest BCUT2D eigenvalue weighted by Gasteiger charge is 2.28. The van der Waals surface area contributed by atoms with Gasteiger partial charge < -0.3 is 10.2 Å². The number of aliphatic carboxylic acids is 1. The first kappa shape index (κ1) is 11.9. The molecule has 0 aliphatic carbocycles. The van der Waals surface area contributed by atoms with Gasteiger partial charge in [-0.3, -0.25) is 4.79 Å². The summed E-state index contributed by atoms with van der Waals surface area (Å²) in [5, 5.41) is 17.2. The van der Waals surface area contributed by atoms with Crippen molar-refractivity contribution in [3.63, 3.8) is 0 Å². The fourth-order valence-electron chi connectivity index (χ4n) is 0.852. The lowest BCUT2D eigenvalue weighted by Crippen LogP contribution is -2.27. The van der Waals surface area contributed by atoms with Gasteiger partial charge in [0.15, 0.2) is 0 Å². The van der Waals surface area contributed by atoms with Gasteiger partial charge in [-0.25, -0.2) is 0 Å². The number of unbranched alkanes of at least 4 members (excludes halogenated alkanes) is 2. The number of rotatable bonds is 6. The SMILES string of the molecule is CC(Br)(CCCCCO)C(=O)O. The third-order valence-corrected chi connectivity index (χ3v) is 2.49. The second kappa shape index (κ2) is 5.54. The van der Waals surface area contributed by atoms with Gasteiger partial charge in [-0.15, -0.1) is 0 Å². The van der Waals surface area contributed by atoms with Crippen LogP contribution in [0.5, 0.6) is 0 Å². The van der Waals surface area contributed by atoms with Gasteiger partial charge in [0, 0.05) is 6.61 Å². The van der Waals surface area contributed by atoms with E-state index in [0.717, 1.165) is 19.3 Å². The minimum atomic E-state index is -0.827. The van der Waals surface area contributed by atoms with Crippen LogP contribution in [-0.4, -0.2) is 27.1 Å². The Labute approximate surface area is 80.9 Å². The summed E-state index contributed by atoms with van der Waals surface area (Å²) >= 11 is 3.14. The maximum Gasteiger partial charge on any atom is 0.320 e. The second-order valence-corrected chi connectivity index (χ2v) is 4.79. The zero-order valence-corrected chi connectivity index (χ0v) is 8.80. The molecular weight excluding hydrogens is 224 g/mol. The molecule has 2 N–H and O–H groups in total.